The number of aromatic nitrogens is 1. The van der Waals surface area contributed by atoms with Crippen molar-refractivity contribution in [3.8, 4) is 22.6 Å². The van der Waals surface area contributed by atoms with Gasteiger partial charge in [0.25, 0.3) is 0 Å². The highest BCUT2D eigenvalue weighted by Crippen LogP contribution is 2.45. The van der Waals surface area contributed by atoms with Crippen molar-refractivity contribution < 1.29 is 27.6 Å². The SMILES string of the molecule is O=C(O)c1ccc(CNc2c(-c3c(Cl)cccc3C(F)(F)F)noc2-c2ccccc2)cc1. The van der Waals surface area contributed by atoms with E-state index in [2.05, 4.69) is 10.5 Å². The molecule has 0 unspecified atom stereocenters. The molecule has 4 aromatic rings. The summed E-state index contributed by atoms with van der Waals surface area (Å²) >= 11 is 6.20. The summed E-state index contributed by atoms with van der Waals surface area (Å²) in [6.07, 6.45) is -4.66. The molecule has 0 amide bonds. The number of benzene rings is 3. The average molecular weight is 473 g/mol. The standard InChI is InChI=1S/C24H16ClF3N2O3/c25-18-8-4-7-17(24(26,27)28)19(18)20-21(22(33-30-20)15-5-2-1-3-6-15)29-13-14-9-11-16(12-10-14)23(31)32/h1-12,29H,13H2,(H,31,32). The lowest BCUT2D eigenvalue weighted by Gasteiger charge is -2.14. The van der Waals surface area contributed by atoms with Crippen LogP contribution in [0.1, 0.15) is 21.5 Å². The van der Waals surface area contributed by atoms with E-state index >= 15 is 0 Å². The van der Waals surface area contributed by atoms with E-state index in [-0.39, 0.29) is 39.8 Å². The Morgan fingerprint density at radius 1 is 1.00 bits per heavy atom. The Kier molecular flexibility index (Phi) is 6.11. The predicted molar refractivity (Wildman–Crippen MR) is 118 cm³/mol. The van der Waals surface area contributed by atoms with E-state index < -0.39 is 17.7 Å². The minimum absolute atomic E-state index is 0.0751. The molecule has 0 spiro atoms. The van der Waals surface area contributed by atoms with Gasteiger partial charge in [0.15, 0.2) is 5.76 Å². The molecule has 5 nitrogen and oxygen atoms in total. The highest BCUT2D eigenvalue weighted by atomic mass is 35.5. The van der Waals surface area contributed by atoms with E-state index in [0.29, 0.717) is 11.1 Å². The molecule has 1 heterocycles. The molecular weight excluding hydrogens is 457 g/mol. The highest BCUT2D eigenvalue weighted by Gasteiger charge is 2.36. The summed E-state index contributed by atoms with van der Waals surface area (Å²) in [6.45, 7) is 0.180. The lowest BCUT2D eigenvalue weighted by atomic mass is 10.0. The van der Waals surface area contributed by atoms with Crippen molar-refractivity contribution in [2.24, 2.45) is 0 Å². The molecule has 9 heteroatoms. The van der Waals surface area contributed by atoms with Gasteiger partial charge in [-0.3, -0.25) is 0 Å². The molecule has 0 atom stereocenters. The van der Waals surface area contributed by atoms with E-state index in [1.807, 2.05) is 0 Å². The summed E-state index contributed by atoms with van der Waals surface area (Å²) in [5.74, 6) is -0.804. The maximum Gasteiger partial charge on any atom is 0.417 e. The molecule has 0 bridgehead atoms. The fourth-order valence-corrected chi connectivity index (χ4v) is 3.63. The molecule has 1 aromatic heterocycles. The normalized spacial score (nSPS) is 11.4. The Bertz CT molecular complexity index is 1290. The van der Waals surface area contributed by atoms with Gasteiger partial charge in [0, 0.05) is 17.7 Å². The smallest absolute Gasteiger partial charge is 0.417 e. The lowest BCUT2D eigenvalue weighted by molar-refractivity contribution is -0.137. The molecule has 4 rings (SSSR count). The van der Waals surface area contributed by atoms with E-state index in [4.69, 9.17) is 21.2 Å². The predicted octanol–water partition coefficient (Wildman–Crippen LogP) is 6.99. The number of aromatic carboxylic acids is 1. The summed E-state index contributed by atoms with van der Waals surface area (Å²) in [5.41, 5.74) is 0.386. The van der Waals surface area contributed by atoms with Gasteiger partial charge in [0.2, 0.25) is 0 Å². The zero-order valence-electron chi connectivity index (χ0n) is 16.9. The molecule has 2 N–H and O–H groups in total. The third kappa shape index (κ3) is 4.70. The minimum atomic E-state index is -4.66. The fourth-order valence-electron chi connectivity index (χ4n) is 3.37. The summed E-state index contributed by atoms with van der Waals surface area (Å²) < 4.78 is 46.7. The number of carbonyl (C=O) groups is 1. The van der Waals surface area contributed by atoms with Crippen LogP contribution < -0.4 is 5.32 Å². The molecule has 0 aliphatic rings. The van der Waals surface area contributed by atoms with Crippen LogP contribution in [-0.2, 0) is 12.7 Å². The van der Waals surface area contributed by atoms with Gasteiger partial charge in [-0.15, -0.1) is 0 Å². The Hall–Kier alpha value is -3.78. The van der Waals surface area contributed by atoms with Crippen molar-refractivity contribution in [2.75, 3.05) is 5.32 Å². The van der Waals surface area contributed by atoms with Crippen molar-refractivity contribution in [1.29, 1.82) is 0 Å². The lowest BCUT2D eigenvalue weighted by Crippen LogP contribution is -2.09. The molecule has 0 saturated carbocycles. The number of alkyl halides is 3. The number of carboxylic acid groups (broad SMARTS) is 1. The number of hydrogen-bond acceptors (Lipinski definition) is 4. The first-order valence-corrected chi connectivity index (χ1v) is 10.1. The Labute approximate surface area is 191 Å². The second-order valence-electron chi connectivity index (χ2n) is 7.12. The van der Waals surface area contributed by atoms with Gasteiger partial charge >= 0.3 is 12.1 Å². The van der Waals surface area contributed by atoms with E-state index in [1.165, 1.54) is 24.3 Å². The monoisotopic (exact) mass is 472 g/mol. The number of hydrogen-bond donors (Lipinski definition) is 2. The van der Waals surface area contributed by atoms with Gasteiger partial charge in [0.05, 0.1) is 16.1 Å². The maximum absolute atomic E-state index is 13.7. The molecular formula is C24H16ClF3N2O3. The third-order valence-corrected chi connectivity index (χ3v) is 5.27. The largest absolute Gasteiger partial charge is 0.478 e. The molecule has 3 aromatic carbocycles. The average Bonchev–Trinajstić information content (AvgIpc) is 3.21. The van der Waals surface area contributed by atoms with Crippen molar-refractivity contribution in [3.63, 3.8) is 0 Å². The zero-order valence-corrected chi connectivity index (χ0v) is 17.6. The Balaban J connectivity index is 1.80. The number of nitrogens with zero attached hydrogens (tertiary/aromatic N) is 1. The summed E-state index contributed by atoms with van der Waals surface area (Å²) in [6, 6.07) is 18.5. The summed E-state index contributed by atoms with van der Waals surface area (Å²) in [4.78, 5) is 11.1. The fraction of sp³-hybridized carbons (Fsp3) is 0.0833. The van der Waals surface area contributed by atoms with Crippen LogP contribution in [0.25, 0.3) is 22.6 Å². The number of anilines is 1. The van der Waals surface area contributed by atoms with Crippen LogP contribution in [0.4, 0.5) is 18.9 Å². The molecule has 0 radical (unpaired) electrons. The first-order chi connectivity index (χ1) is 15.8. The van der Waals surface area contributed by atoms with Gasteiger partial charge in [-0.05, 0) is 29.8 Å². The Morgan fingerprint density at radius 3 is 2.33 bits per heavy atom. The number of carboxylic acids is 1. The highest BCUT2D eigenvalue weighted by molar-refractivity contribution is 6.33. The van der Waals surface area contributed by atoms with Gasteiger partial charge in [0.1, 0.15) is 11.4 Å². The zero-order chi connectivity index (χ0) is 23.6. The minimum Gasteiger partial charge on any atom is -0.478 e. The van der Waals surface area contributed by atoms with Gasteiger partial charge in [-0.1, -0.05) is 65.3 Å². The van der Waals surface area contributed by atoms with Crippen molar-refractivity contribution in [2.45, 2.75) is 12.7 Å². The Morgan fingerprint density at radius 2 is 1.70 bits per heavy atom. The molecule has 33 heavy (non-hydrogen) atoms. The topological polar surface area (TPSA) is 75.4 Å². The van der Waals surface area contributed by atoms with E-state index in [9.17, 15) is 18.0 Å². The van der Waals surface area contributed by atoms with Crippen LogP contribution in [0.2, 0.25) is 5.02 Å². The van der Waals surface area contributed by atoms with Crippen LogP contribution in [-0.4, -0.2) is 16.2 Å². The number of halogens is 4. The first-order valence-electron chi connectivity index (χ1n) is 9.73. The second-order valence-corrected chi connectivity index (χ2v) is 7.52. The van der Waals surface area contributed by atoms with Crippen LogP contribution in [0.15, 0.2) is 77.3 Å². The molecule has 0 aliphatic carbocycles. The van der Waals surface area contributed by atoms with Crippen LogP contribution in [0.3, 0.4) is 0 Å². The van der Waals surface area contributed by atoms with Crippen molar-refractivity contribution >= 4 is 23.3 Å². The van der Waals surface area contributed by atoms with Gasteiger partial charge in [-0.25, -0.2) is 4.79 Å². The number of nitrogens with one attached hydrogen (secondary N) is 1. The quantitative estimate of drug-likeness (QED) is 0.316. The van der Waals surface area contributed by atoms with E-state index in [0.717, 1.165) is 6.07 Å². The maximum atomic E-state index is 13.7. The molecule has 0 saturated heterocycles. The summed E-state index contributed by atoms with van der Waals surface area (Å²) in [5, 5.41) is 16.0. The van der Waals surface area contributed by atoms with Crippen molar-refractivity contribution in [3.05, 3.63) is 94.5 Å². The molecule has 0 fully saturated rings. The van der Waals surface area contributed by atoms with E-state index in [1.54, 1.807) is 42.5 Å². The van der Waals surface area contributed by atoms with Crippen molar-refractivity contribution in [1.82, 2.24) is 5.16 Å². The van der Waals surface area contributed by atoms with Crippen LogP contribution >= 0.6 is 11.6 Å². The van der Waals surface area contributed by atoms with Crippen LogP contribution in [0.5, 0.6) is 0 Å². The first kappa shape index (κ1) is 22.4. The van der Waals surface area contributed by atoms with Gasteiger partial charge in [-0.2, -0.15) is 13.2 Å². The second kappa shape index (κ2) is 8.99. The summed E-state index contributed by atoms with van der Waals surface area (Å²) in [7, 11) is 0. The van der Waals surface area contributed by atoms with Gasteiger partial charge < -0.3 is 14.9 Å². The molecule has 0 aliphatic heterocycles. The number of rotatable bonds is 6. The molecule has 168 valence electrons. The third-order valence-electron chi connectivity index (χ3n) is 4.95. The van der Waals surface area contributed by atoms with Crippen LogP contribution in [0, 0.1) is 0 Å².